The van der Waals surface area contributed by atoms with Gasteiger partial charge in [0.1, 0.15) is 17.4 Å². The molecule has 0 saturated carbocycles. The molecule has 0 aliphatic rings. The van der Waals surface area contributed by atoms with Crippen LogP contribution in [-0.4, -0.2) is 28.5 Å². The van der Waals surface area contributed by atoms with Gasteiger partial charge in [0.05, 0.1) is 11.5 Å². The van der Waals surface area contributed by atoms with E-state index in [0.29, 0.717) is 6.61 Å². The fraction of sp³-hybridized carbons (Fsp3) is 0.333. The number of aromatic nitrogens is 2. The average molecular weight is 361 g/mol. The van der Waals surface area contributed by atoms with Gasteiger partial charge in [0.2, 0.25) is 0 Å². The lowest BCUT2D eigenvalue weighted by molar-refractivity contribution is 0.199. The van der Waals surface area contributed by atoms with Gasteiger partial charge in [0.25, 0.3) is 0 Å². The number of thiophene rings is 1. The first-order chi connectivity index (χ1) is 11.6. The van der Waals surface area contributed by atoms with Crippen LogP contribution < -0.4 is 4.74 Å². The topological polar surface area (TPSA) is 55.2 Å². The molecule has 0 atom stereocenters. The fourth-order valence-electron chi connectivity index (χ4n) is 2.57. The summed E-state index contributed by atoms with van der Waals surface area (Å²) in [4.78, 5) is 1.16. The minimum Gasteiger partial charge on any atom is -0.491 e. The van der Waals surface area contributed by atoms with E-state index in [-0.39, 0.29) is 6.61 Å². The van der Waals surface area contributed by atoms with Gasteiger partial charge in [-0.05, 0) is 60.5 Å². The highest BCUT2D eigenvalue weighted by Crippen LogP contribution is 2.36. The Morgan fingerprint density at radius 3 is 2.58 bits per heavy atom. The third kappa shape index (κ3) is 3.50. The summed E-state index contributed by atoms with van der Waals surface area (Å²) in [5.41, 5.74) is 4.50. The lowest BCUT2D eigenvalue weighted by Crippen LogP contribution is -2.05. The molecule has 0 spiro atoms. The highest BCUT2D eigenvalue weighted by molar-refractivity contribution is 7.22. The Hall–Kier alpha value is -1.76. The molecule has 1 N–H and O–H groups in total. The third-order valence-corrected chi connectivity index (χ3v) is 5.87. The SMILES string of the molecule is CCc1cc(-c2nnc(-c3cc(C)cs3)s2)cc(C)c1OCCO. The van der Waals surface area contributed by atoms with Crippen LogP contribution in [-0.2, 0) is 6.42 Å². The number of aliphatic hydroxyl groups is 1. The van der Waals surface area contributed by atoms with Crippen molar-refractivity contribution in [3.8, 4) is 26.2 Å². The van der Waals surface area contributed by atoms with E-state index < -0.39 is 0 Å². The van der Waals surface area contributed by atoms with Crippen LogP contribution >= 0.6 is 22.7 Å². The molecule has 3 rings (SSSR count). The number of aliphatic hydroxyl groups excluding tert-OH is 1. The van der Waals surface area contributed by atoms with Crippen molar-refractivity contribution in [2.75, 3.05) is 13.2 Å². The molecule has 0 saturated heterocycles. The predicted octanol–water partition coefficient (Wildman–Crippen LogP) is 4.48. The van der Waals surface area contributed by atoms with E-state index in [0.717, 1.165) is 43.8 Å². The Kier molecular flexibility index (Phi) is 5.28. The standard InChI is InChI=1S/C18H20N2O2S2/c1-4-13-9-14(8-12(3)16(13)22-6-5-21)17-19-20-18(24-17)15-7-11(2)10-23-15/h7-10,21H,4-6H2,1-3H3. The molecule has 0 aliphatic carbocycles. The monoisotopic (exact) mass is 360 g/mol. The van der Waals surface area contributed by atoms with Crippen LogP contribution in [0.2, 0.25) is 0 Å². The molecule has 0 fully saturated rings. The number of hydrogen-bond acceptors (Lipinski definition) is 6. The van der Waals surface area contributed by atoms with Gasteiger partial charge >= 0.3 is 0 Å². The molecule has 0 amide bonds. The van der Waals surface area contributed by atoms with E-state index in [1.165, 1.54) is 5.56 Å². The summed E-state index contributed by atoms with van der Waals surface area (Å²) < 4.78 is 5.70. The smallest absolute Gasteiger partial charge is 0.158 e. The minimum atomic E-state index is 0.0182. The van der Waals surface area contributed by atoms with E-state index in [2.05, 4.69) is 47.6 Å². The van der Waals surface area contributed by atoms with Crippen LogP contribution in [0.3, 0.4) is 0 Å². The normalized spacial score (nSPS) is 11.0. The maximum atomic E-state index is 8.99. The first-order valence-corrected chi connectivity index (χ1v) is 9.58. The summed E-state index contributed by atoms with van der Waals surface area (Å²) in [5, 5.41) is 21.7. The van der Waals surface area contributed by atoms with Crippen LogP contribution in [0, 0.1) is 13.8 Å². The molecule has 0 unspecified atom stereocenters. The maximum absolute atomic E-state index is 8.99. The van der Waals surface area contributed by atoms with Gasteiger partial charge in [-0.3, -0.25) is 0 Å². The zero-order valence-electron chi connectivity index (χ0n) is 14.0. The van der Waals surface area contributed by atoms with Gasteiger partial charge in [0.15, 0.2) is 5.01 Å². The molecule has 4 nitrogen and oxygen atoms in total. The second-order valence-electron chi connectivity index (χ2n) is 5.61. The maximum Gasteiger partial charge on any atom is 0.158 e. The van der Waals surface area contributed by atoms with Gasteiger partial charge in [-0.2, -0.15) is 0 Å². The van der Waals surface area contributed by atoms with Crippen LogP contribution in [0.1, 0.15) is 23.6 Å². The summed E-state index contributed by atoms with van der Waals surface area (Å²) in [6.07, 6.45) is 0.866. The van der Waals surface area contributed by atoms with Crippen molar-refractivity contribution >= 4 is 22.7 Å². The fourth-order valence-corrected chi connectivity index (χ4v) is 4.36. The molecule has 0 aliphatic heterocycles. The van der Waals surface area contributed by atoms with Crippen molar-refractivity contribution < 1.29 is 9.84 Å². The van der Waals surface area contributed by atoms with Crippen molar-refractivity contribution in [3.63, 3.8) is 0 Å². The Morgan fingerprint density at radius 1 is 1.12 bits per heavy atom. The van der Waals surface area contributed by atoms with E-state index >= 15 is 0 Å². The van der Waals surface area contributed by atoms with Crippen molar-refractivity contribution in [2.24, 2.45) is 0 Å². The molecular formula is C18H20N2O2S2. The van der Waals surface area contributed by atoms with E-state index in [1.807, 2.05) is 6.92 Å². The number of benzene rings is 1. The Bertz CT molecular complexity index is 839. The highest BCUT2D eigenvalue weighted by atomic mass is 32.1. The van der Waals surface area contributed by atoms with Crippen molar-refractivity contribution in [3.05, 3.63) is 40.3 Å². The van der Waals surface area contributed by atoms with E-state index in [9.17, 15) is 0 Å². The molecule has 126 valence electrons. The van der Waals surface area contributed by atoms with E-state index in [4.69, 9.17) is 9.84 Å². The first-order valence-electron chi connectivity index (χ1n) is 7.89. The lowest BCUT2D eigenvalue weighted by atomic mass is 10.0. The number of hydrogen-bond donors (Lipinski definition) is 1. The number of ether oxygens (including phenoxy) is 1. The van der Waals surface area contributed by atoms with Gasteiger partial charge in [-0.25, -0.2) is 0 Å². The zero-order valence-corrected chi connectivity index (χ0v) is 15.6. The summed E-state index contributed by atoms with van der Waals surface area (Å²) in [5.74, 6) is 0.869. The number of rotatable bonds is 6. The molecule has 2 aromatic heterocycles. The summed E-state index contributed by atoms with van der Waals surface area (Å²) >= 11 is 3.31. The molecule has 24 heavy (non-hydrogen) atoms. The predicted molar refractivity (Wildman–Crippen MR) is 100 cm³/mol. The molecule has 2 heterocycles. The lowest BCUT2D eigenvalue weighted by Gasteiger charge is -2.14. The largest absolute Gasteiger partial charge is 0.491 e. The molecule has 0 radical (unpaired) electrons. The van der Waals surface area contributed by atoms with Gasteiger partial charge < -0.3 is 9.84 Å². The van der Waals surface area contributed by atoms with Gasteiger partial charge in [0, 0.05) is 5.56 Å². The zero-order chi connectivity index (χ0) is 17.1. The van der Waals surface area contributed by atoms with Crippen LogP contribution in [0.4, 0.5) is 0 Å². The average Bonchev–Trinajstić information content (AvgIpc) is 3.22. The van der Waals surface area contributed by atoms with Crippen molar-refractivity contribution in [1.82, 2.24) is 10.2 Å². The molecule has 1 aromatic carbocycles. The first kappa shape index (κ1) is 17.1. The second-order valence-corrected chi connectivity index (χ2v) is 7.50. The Balaban J connectivity index is 1.95. The second kappa shape index (κ2) is 7.42. The van der Waals surface area contributed by atoms with Crippen molar-refractivity contribution in [2.45, 2.75) is 27.2 Å². The highest BCUT2D eigenvalue weighted by Gasteiger charge is 2.14. The molecule has 6 heteroatoms. The number of aryl methyl sites for hydroxylation is 3. The Morgan fingerprint density at radius 2 is 1.92 bits per heavy atom. The minimum absolute atomic E-state index is 0.0182. The summed E-state index contributed by atoms with van der Waals surface area (Å²) in [7, 11) is 0. The molecule has 0 bridgehead atoms. The van der Waals surface area contributed by atoms with Gasteiger partial charge in [-0.1, -0.05) is 18.3 Å². The van der Waals surface area contributed by atoms with Crippen LogP contribution in [0.5, 0.6) is 5.75 Å². The third-order valence-electron chi connectivity index (χ3n) is 3.68. The van der Waals surface area contributed by atoms with Crippen LogP contribution in [0.15, 0.2) is 23.6 Å². The molecular weight excluding hydrogens is 340 g/mol. The Labute approximate surface area is 149 Å². The van der Waals surface area contributed by atoms with Crippen molar-refractivity contribution in [1.29, 1.82) is 0 Å². The summed E-state index contributed by atoms with van der Waals surface area (Å²) in [6, 6.07) is 6.34. The molecule has 3 aromatic rings. The summed E-state index contributed by atoms with van der Waals surface area (Å²) in [6.45, 7) is 6.55. The van der Waals surface area contributed by atoms with Crippen LogP contribution in [0.25, 0.3) is 20.5 Å². The number of nitrogens with zero attached hydrogens (tertiary/aromatic N) is 2. The van der Waals surface area contributed by atoms with E-state index in [1.54, 1.807) is 22.7 Å². The quantitative estimate of drug-likeness (QED) is 0.704. The van der Waals surface area contributed by atoms with Gasteiger partial charge in [-0.15, -0.1) is 21.5 Å².